The number of aliphatic carboxylic acids is 2. The van der Waals surface area contributed by atoms with Crippen LogP contribution in [0.1, 0.15) is 12.0 Å². The molecule has 0 amide bonds. The van der Waals surface area contributed by atoms with E-state index in [9.17, 15) is 0 Å². The predicted molar refractivity (Wildman–Crippen MR) is 83.7 cm³/mol. The molecule has 0 spiro atoms. The van der Waals surface area contributed by atoms with E-state index in [1.165, 1.54) is 22.0 Å². The molecule has 1 aliphatic heterocycles. The molecule has 116 valence electrons. The van der Waals surface area contributed by atoms with E-state index in [0.29, 0.717) is 0 Å². The van der Waals surface area contributed by atoms with Gasteiger partial charge in [0.05, 0.1) is 0 Å². The van der Waals surface area contributed by atoms with Gasteiger partial charge >= 0.3 is 11.9 Å². The number of aromatic amines is 1. The number of nitrogens with zero attached hydrogens (tertiary/aromatic N) is 1. The van der Waals surface area contributed by atoms with Gasteiger partial charge < -0.3 is 20.1 Å². The summed E-state index contributed by atoms with van der Waals surface area (Å²) in [5, 5.41) is 16.1. The molecule has 1 aromatic heterocycles. The van der Waals surface area contributed by atoms with E-state index in [1.54, 1.807) is 0 Å². The first-order valence-corrected chi connectivity index (χ1v) is 6.89. The number of carbonyl (C=O) groups is 2. The molecule has 1 aromatic carbocycles. The summed E-state index contributed by atoms with van der Waals surface area (Å²) >= 11 is 0. The Kier molecular flexibility index (Phi) is 4.95. The molecule has 0 fully saturated rings. The molecular weight excluding hydrogens is 284 g/mol. The average Bonchev–Trinajstić information content (AvgIpc) is 2.92. The molecule has 2 heterocycles. The molecule has 3 N–H and O–H groups in total. The molecule has 6 nitrogen and oxygen atoms in total. The van der Waals surface area contributed by atoms with Crippen LogP contribution in [0.25, 0.3) is 16.5 Å². The van der Waals surface area contributed by atoms with E-state index < -0.39 is 11.9 Å². The van der Waals surface area contributed by atoms with Crippen LogP contribution in [0.2, 0.25) is 0 Å². The number of rotatable bonds is 1. The smallest absolute Gasteiger partial charge is 0.414 e. The van der Waals surface area contributed by atoms with Crippen molar-refractivity contribution in [2.24, 2.45) is 0 Å². The molecule has 6 heteroatoms. The molecule has 22 heavy (non-hydrogen) atoms. The summed E-state index contributed by atoms with van der Waals surface area (Å²) in [5.74, 6) is -3.65. The van der Waals surface area contributed by atoms with Crippen molar-refractivity contribution in [1.82, 2.24) is 9.88 Å². The van der Waals surface area contributed by atoms with Gasteiger partial charge in [-0.1, -0.05) is 24.3 Å². The van der Waals surface area contributed by atoms with Crippen molar-refractivity contribution in [3.63, 3.8) is 0 Å². The Morgan fingerprint density at radius 2 is 1.86 bits per heavy atom. The minimum atomic E-state index is -1.82. The molecule has 1 aliphatic rings. The predicted octanol–water partition coefficient (Wildman–Crippen LogP) is 2.04. The van der Waals surface area contributed by atoms with Gasteiger partial charge in [0.15, 0.2) is 0 Å². The molecule has 0 saturated heterocycles. The van der Waals surface area contributed by atoms with Crippen LogP contribution in [-0.4, -0.2) is 52.2 Å². The molecule has 2 aromatic rings. The summed E-state index contributed by atoms with van der Waals surface area (Å²) in [6.07, 6.45) is 5.64. The number of H-pyrrole nitrogens is 1. The number of hydrogen-bond acceptors (Lipinski definition) is 3. The standard InChI is InChI=1S/C14H16N2.C2H2O4/c1-16-8-6-11(7-9-16)13-10-15-14-5-3-2-4-12(13)14;3-1(4)2(5)6/h2-6,10,15H,7-9H2,1H3;(H,3,4)(H,5,6). The Bertz CT molecular complexity index is 706. The quantitative estimate of drug-likeness (QED) is 0.701. The van der Waals surface area contributed by atoms with Gasteiger partial charge in [-0.2, -0.15) is 0 Å². The van der Waals surface area contributed by atoms with Gasteiger partial charge in [-0.25, -0.2) is 9.59 Å². The molecule has 0 radical (unpaired) electrons. The van der Waals surface area contributed by atoms with Crippen molar-refractivity contribution in [2.45, 2.75) is 6.42 Å². The zero-order valence-electron chi connectivity index (χ0n) is 12.2. The maximum atomic E-state index is 9.10. The largest absolute Gasteiger partial charge is 0.473 e. The molecule has 0 atom stereocenters. The van der Waals surface area contributed by atoms with E-state index in [1.807, 2.05) is 0 Å². The number of fused-ring (bicyclic) bond motifs is 1. The van der Waals surface area contributed by atoms with E-state index in [4.69, 9.17) is 19.8 Å². The fourth-order valence-corrected chi connectivity index (χ4v) is 2.35. The Morgan fingerprint density at radius 3 is 2.45 bits per heavy atom. The lowest BCUT2D eigenvalue weighted by atomic mass is 9.99. The number of carboxylic acid groups (broad SMARTS) is 2. The van der Waals surface area contributed by atoms with Crippen LogP contribution in [0, 0.1) is 0 Å². The summed E-state index contributed by atoms with van der Waals surface area (Å²) in [6.45, 7) is 2.22. The third-order valence-corrected chi connectivity index (χ3v) is 3.53. The Morgan fingerprint density at radius 1 is 1.18 bits per heavy atom. The van der Waals surface area contributed by atoms with Crippen molar-refractivity contribution >= 4 is 28.4 Å². The molecular formula is C16H18N2O4. The molecule has 3 rings (SSSR count). The van der Waals surface area contributed by atoms with Crippen LogP contribution < -0.4 is 0 Å². The highest BCUT2D eigenvalue weighted by Gasteiger charge is 2.12. The maximum Gasteiger partial charge on any atom is 0.414 e. The minimum Gasteiger partial charge on any atom is -0.473 e. The third kappa shape index (κ3) is 3.73. The maximum absolute atomic E-state index is 9.10. The molecule has 0 saturated carbocycles. The van der Waals surface area contributed by atoms with Gasteiger partial charge in [-0.15, -0.1) is 0 Å². The second-order valence-corrected chi connectivity index (χ2v) is 5.10. The topological polar surface area (TPSA) is 93.6 Å². The summed E-state index contributed by atoms with van der Waals surface area (Å²) in [6, 6.07) is 8.51. The van der Waals surface area contributed by atoms with Crippen molar-refractivity contribution in [3.05, 3.63) is 42.1 Å². The zero-order valence-corrected chi connectivity index (χ0v) is 12.2. The van der Waals surface area contributed by atoms with E-state index in [0.717, 1.165) is 19.5 Å². The number of aromatic nitrogens is 1. The van der Waals surface area contributed by atoms with Crippen molar-refractivity contribution in [2.75, 3.05) is 20.1 Å². The SMILES string of the molecule is CN1CC=C(c2c[nH]c3ccccc23)CC1.O=C(O)C(=O)O. The highest BCUT2D eigenvalue weighted by molar-refractivity contribution is 6.27. The number of benzene rings is 1. The first-order valence-electron chi connectivity index (χ1n) is 6.89. The Balaban J connectivity index is 0.000000254. The molecule has 0 bridgehead atoms. The minimum absolute atomic E-state index is 1.06. The molecule has 0 unspecified atom stereocenters. The van der Waals surface area contributed by atoms with E-state index >= 15 is 0 Å². The van der Waals surface area contributed by atoms with Crippen LogP contribution in [-0.2, 0) is 9.59 Å². The van der Waals surface area contributed by atoms with Crippen molar-refractivity contribution < 1.29 is 19.8 Å². The van der Waals surface area contributed by atoms with Gasteiger partial charge in [-0.05, 0) is 25.1 Å². The lowest BCUT2D eigenvalue weighted by Gasteiger charge is -2.21. The van der Waals surface area contributed by atoms with Gasteiger partial charge in [0, 0.05) is 35.8 Å². The Labute approximate surface area is 127 Å². The highest BCUT2D eigenvalue weighted by atomic mass is 16.4. The number of para-hydroxylation sites is 1. The summed E-state index contributed by atoms with van der Waals surface area (Å²) in [7, 11) is 2.17. The summed E-state index contributed by atoms with van der Waals surface area (Å²) in [4.78, 5) is 23.9. The number of nitrogens with one attached hydrogen (secondary N) is 1. The normalized spacial score (nSPS) is 14.9. The first kappa shape index (κ1) is 15.8. The van der Waals surface area contributed by atoms with Gasteiger partial charge in [0.25, 0.3) is 0 Å². The Hall–Kier alpha value is -2.60. The highest BCUT2D eigenvalue weighted by Crippen LogP contribution is 2.28. The number of hydrogen-bond donors (Lipinski definition) is 3. The average molecular weight is 302 g/mol. The third-order valence-electron chi connectivity index (χ3n) is 3.53. The lowest BCUT2D eigenvalue weighted by Crippen LogP contribution is -2.23. The monoisotopic (exact) mass is 302 g/mol. The first-order chi connectivity index (χ1) is 10.5. The van der Waals surface area contributed by atoms with Gasteiger partial charge in [0.2, 0.25) is 0 Å². The second kappa shape index (κ2) is 6.91. The van der Waals surface area contributed by atoms with Crippen LogP contribution in [0.5, 0.6) is 0 Å². The van der Waals surface area contributed by atoms with Crippen LogP contribution in [0.4, 0.5) is 0 Å². The van der Waals surface area contributed by atoms with Gasteiger partial charge in [0.1, 0.15) is 0 Å². The van der Waals surface area contributed by atoms with E-state index in [-0.39, 0.29) is 0 Å². The van der Waals surface area contributed by atoms with Crippen molar-refractivity contribution in [3.8, 4) is 0 Å². The fourth-order valence-electron chi connectivity index (χ4n) is 2.35. The zero-order chi connectivity index (χ0) is 16.1. The van der Waals surface area contributed by atoms with Crippen molar-refractivity contribution in [1.29, 1.82) is 0 Å². The summed E-state index contributed by atoms with van der Waals surface area (Å²) < 4.78 is 0. The van der Waals surface area contributed by atoms with E-state index in [2.05, 4.69) is 53.5 Å². The second-order valence-electron chi connectivity index (χ2n) is 5.10. The number of carboxylic acids is 2. The van der Waals surface area contributed by atoms with Crippen LogP contribution >= 0.6 is 0 Å². The van der Waals surface area contributed by atoms with Gasteiger partial charge in [-0.3, -0.25) is 0 Å². The lowest BCUT2D eigenvalue weighted by molar-refractivity contribution is -0.159. The summed E-state index contributed by atoms with van der Waals surface area (Å²) in [5.41, 5.74) is 4.09. The molecule has 0 aliphatic carbocycles. The fraction of sp³-hybridized carbons (Fsp3) is 0.250. The number of likely N-dealkylation sites (N-methyl/N-ethyl adjacent to an activating group) is 1. The van der Waals surface area contributed by atoms with Crippen LogP contribution in [0.3, 0.4) is 0 Å². The van der Waals surface area contributed by atoms with Crippen LogP contribution in [0.15, 0.2) is 36.5 Å².